The summed E-state index contributed by atoms with van der Waals surface area (Å²) >= 11 is 0. The molecule has 0 fully saturated rings. The van der Waals surface area contributed by atoms with Crippen molar-refractivity contribution in [3.05, 3.63) is 70.9 Å². The highest BCUT2D eigenvalue weighted by Gasteiger charge is 2.38. The van der Waals surface area contributed by atoms with Crippen molar-refractivity contribution in [2.24, 2.45) is 4.99 Å². The van der Waals surface area contributed by atoms with Gasteiger partial charge in [-0.15, -0.1) is 0 Å². The Morgan fingerprint density at radius 3 is 2.61 bits per heavy atom. The van der Waals surface area contributed by atoms with Crippen molar-refractivity contribution in [2.75, 3.05) is 0 Å². The molecule has 0 bridgehead atoms. The van der Waals surface area contributed by atoms with Crippen LogP contribution in [0.25, 0.3) is 10.9 Å². The van der Waals surface area contributed by atoms with Gasteiger partial charge in [0.15, 0.2) is 0 Å². The Kier molecular flexibility index (Phi) is 3.99. The molecule has 144 valence electrons. The lowest BCUT2D eigenvalue weighted by Crippen LogP contribution is -2.44. The quantitative estimate of drug-likeness (QED) is 0.583. The second kappa shape index (κ2) is 6.31. The lowest BCUT2D eigenvalue weighted by Gasteiger charge is -2.38. The van der Waals surface area contributed by atoms with Gasteiger partial charge in [0.1, 0.15) is 5.84 Å². The Morgan fingerprint density at radius 2 is 1.86 bits per heavy atom. The second-order valence-electron chi connectivity index (χ2n) is 9.32. The molecule has 0 amide bonds. The summed E-state index contributed by atoms with van der Waals surface area (Å²) in [6.07, 6.45) is 3.60. The van der Waals surface area contributed by atoms with E-state index in [1.165, 1.54) is 52.5 Å². The number of hydrogen-bond donors (Lipinski definition) is 1. The third-order valence-corrected chi connectivity index (χ3v) is 5.96. The number of aryl methyl sites for hydroxylation is 2. The molecule has 0 radical (unpaired) electrons. The van der Waals surface area contributed by atoms with Gasteiger partial charge in [0.05, 0.1) is 17.1 Å². The van der Waals surface area contributed by atoms with E-state index < -0.39 is 0 Å². The number of nitrogens with zero attached hydrogens (tertiary/aromatic N) is 2. The van der Waals surface area contributed by atoms with E-state index in [0.717, 1.165) is 5.84 Å². The van der Waals surface area contributed by atoms with Gasteiger partial charge in [-0.05, 0) is 70.2 Å². The van der Waals surface area contributed by atoms with Crippen molar-refractivity contribution in [3.8, 4) is 0 Å². The third kappa shape index (κ3) is 2.80. The fraction of sp³-hybridized carbons (Fsp3) is 0.400. The molecule has 2 aliphatic rings. The molecule has 1 N–H and O–H groups in total. The number of benzene rings is 2. The fourth-order valence-corrected chi connectivity index (χ4v) is 4.90. The highest BCUT2D eigenvalue weighted by molar-refractivity contribution is 6.02. The van der Waals surface area contributed by atoms with Crippen LogP contribution in [-0.2, 0) is 6.42 Å². The second-order valence-corrected chi connectivity index (χ2v) is 9.32. The lowest BCUT2D eigenvalue weighted by molar-refractivity contribution is 0.405. The van der Waals surface area contributed by atoms with Crippen LogP contribution in [0.3, 0.4) is 0 Å². The molecule has 2 aromatic carbocycles. The molecule has 3 nitrogen and oxygen atoms in total. The molecule has 2 heterocycles. The molecular weight excluding hydrogens is 342 g/mol. The normalized spacial score (nSPS) is 23.2. The minimum atomic E-state index is -0.139. The smallest absolute Gasteiger partial charge is 0.130 e. The van der Waals surface area contributed by atoms with Crippen molar-refractivity contribution in [3.63, 3.8) is 0 Å². The molecule has 2 unspecified atom stereocenters. The van der Waals surface area contributed by atoms with Crippen LogP contribution in [0, 0.1) is 6.92 Å². The highest BCUT2D eigenvalue weighted by Crippen LogP contribution is 2.43. The van der Waals surface area contributed by atoms with Crippen LogP contribution in [0.1, 0.15) is 68.1 Å². The summed E-state index contributed by atoms with van der Waals surface area (Å²) in [7, 11) is 0. The van der Waals surface area contributed by atoms with Gasteiger partial charge in [0, 0.05) is 17.1 Å². The highest BCUT2D eigenvalue weighted by atomic mass is 15.2. The maximum Gasteiger partial charge on any atom is 0.130 e. The number of rotatable bonds is 1. The van der Waals surface area contributed by atoms with Crippen molar-refractivity contribution in [2.45, 2.75) is 64.6 Å². The van der Waals surface area contributed by atoms with E-state index in [9.17, 15) is 0 Å². The van der Waals surface area contributed by atoms with E-state index in [1.807, 2.05) is 0 Å². The van der Waals surface area contributed by atoms with E-state index in [2.05, 4.69) is 86.1 Å². The minimum absolute atomic E-state index is 0.112. The van der Waals surface area contributed by atoms with Crippen molar-refractivity contribution in [1.82, 2.24) is 9.88 Å². The molecule has 1 aliphatic carbocycles. The first kappa shape index (κ1) is 17.7. The maximum absolute atomic E-state index is 5.26. The van der Waals surface area contributed by atoms with Gasteiger partial charge in [-0.25, -0.2) is 0 Å². The largest absolute Gasteiger partial charge is 0.298 e. The Bertz CT molecular complexity index is 1070. The van der Waals surface area contributed by atoms with Crippen LogP contribution in [0.2, 0.25) is 0 Å². The number of aliphatic imine (C=N–C) groups is 1. The van der Waals surface area contributed by atoms with Crippen LogP contribution in [0.4, 0.5) is 0 Å². The third-order valence-electron chi connectivity index (χ3n) is 5.96. The molecule has 1 aliphatic heterocycles. The zero-order valence-electron chi connectivity index (χ0n) is 17.3. The van der Waals surface area contributed by atoms with Gasteiger partial charge < -0.3 is 0 Å². The van der Waals surface area contributed by atoms with Crippen molar-refractivity contribution in [1.29, 1.82) is 0 Å². The molecule has 28 heavy (non-hydrogen) atoms. The van der Waals surface area contributed by atoms with Crippen LogP contribution in [-0.4, -0.2) is 15.9 Å². The molecule has 3 aromatic rings. The molecule has 5 rings (SSSR count). The first-order chi connectivity index (χ1) is 13.4. The summed E-state index contributed by atoms with van der Waals surface area (Å²) in [5.74, 6) is 1.13. The van der Waals surface area contributed by atoms with Gasteiger partial charge in [0.25, 0.3) is 0 Å². The van der Waals surface area contributed by atoms with Crippen LogP contribution >= 0.6 is 0 Å². The van der Waals surface area contributed by atoms with E-state index in [-0.39, 0.29) is 11.6 Å². The van der Waals surface area contributed by atoms with Gasteiger partial charge in [-0.2, -0.15) is 0 Å². The molecule has 2 atom stereocenters. The summed E-state index contributed by atoms with van der Waals surface area (Å²) in [4.78, 5) is 5.26. The average molecular weight is 372 g/mol. The van der Waals surface area contributed by atoms with Gasteiger partial charge in [0.2, 0.25) is 0 Å². The van der Waals surface area contributed by atoms with Gasteiger partial charge in [-0.3, -0.25) is 14.9 Å². The summed E-state index contributed by atoms with van der Waals surface area (Å²) in [6, 6.07) is 18.2. The number of hydrogen-bond acceptors (Lipinski definition) is 2. The predicted octanol–water partition coefficient (Wildman–Crippen LogP) is 5.72. The van der Waals surface area contributed by atoms with E-state index in [0.29, 0.717) is 6.04 Å². The van der Waals surface area contributed by atoms with E-state index >= 15 is 0 Å². The van der Waals surface area contributed by atoms with Crippen molar-refractivity contribution >= 4 is 16.7 Å². The van der Waals surface area contributed by atoms with Gasteiger partial charge >= 0.3 is 0 Å². The summed E-state index contributed by atoms with van der Waals surface area (Å²) in [5, 5.41) is 5.38. The average Bonchev–Trinajstić information content (AvgIpc) is 2.99. The summed E-state index contributed by atoms with van der Waals surface area (Å²) < 4.78 is 2.49. The number of aromatic nitrogens is 1. The van der Waals surface area contributed by atoms with E-state index in [1.54, 1.807) is 0 Å². The van der Waals surface area contributed by atoms with E-state index in [4.69, 9.17) is 4.99 Å². The number of fused-ring (bicyclic) bond motifs is 3. The Labute approximate surface area is 167 Å². The standard InChI is InChI=1S/C25H29N3/c1-16-13-14-21-19(15-16)18-11-8-12-20-23(18)28(21)24(27-25(2,3)4)22(26-20)17-9-6-5-7-10-17/h5-7,9-10,13-15,20,22,26H,8,11-12H2,1-4H3/b27-24-. The zero-order valence-corrected chi connectivity index (χ0v) is 17.3. The molecule has 0 saturated carbocycles. The van der Waals surface area contributed by atoms with Crippen LogP contribution in [0.5, 0.6) is 0 Å². The lowest BCUT2D eigenvalue weighted by atomic mass is 9.88. The van der Waals surface area contributed by atoms with Crippen LogP contribution in [0.15, 0.2) is 53.5 Å². The maximum atomic E-state index is 5.26. The monoisotopic (exact) mass is 371 g/mol. The Hall–Kier alpha value is -2.39. The first-order valence-corrected chi connectivity index (χ1v) is 10.5. The molecule has 0 spiro atoms. The zero-order chi connectivity index (χ0) is 19.5. The molecule has 1 aromatic heterocycles. The minimum Gasteiger partial charge on any atom is -0.298 e. The molecule has 3 heteroatoms. The van der Waals surface area contributed by atoms with Gasteiger partial charge in [-0.1, -0.05) is 42.0 Å². The fourth-order valence-electron chi connectivity index (χ4n) is 4.90. The topological polar surface area (TPSA) is 29.3 Å². The Morgan fingerprint density at radius 1 is 1.07 bits per heavy atom. The SMILES string of the molecule is Cc1ccc2c(c1)c1c3n2/C(=N\C(C)(C)C)C(c2ccccc2)NC3CCC1. The molecule has 0 saturated heterocycles. The van der Waals surface area contributed by atoms with Crippen LogP contribution < -0.4 is 5.32 Å². The van der Waals surface area contributed by atoms with Crippen molar-refractivity contribution < 1.29 is 0 Å². The predicted molar refractivity (Wildman–Crippen MR) is 117 cm³/mol. The summed E-state index contributed by atoms with van der Waals surface area (Å²) in [5.41, 5.74) is 6.76. The number of nitrogens with one attached hydrogen (secondary N) is 1. The first-order valence-electron chi connectivity index (χ1n) is 10.5. The molecular formula is C25H29N3. The Balaban J connectivity index is 1.83. The summed E-state index contributed by atoms with van der Waals surface area (Å²) in [6.45, 7) is 8.77.